The molecule has 0 saturated heterocycles. The van der Waals surface area contributed by atoms with E-state index in [1.807, 2.05) is 36.5 Å². The zero-order valence-corrected chi connectivity index (χ0v) is 10.7. The molecule has 0 aliphatic carbocycles. The molecule has 20 heavy (non-hydrogen) atoms. The molecule has 96 valence electrons. The lowest BCUT2D eigenvalue weighted by molar-refractivity contribution is 1.36. The van der Waals surface area contributed by atoms with Gasteiger partial charge in [-0.1, -0.05) is 12.1 Å². The van der Waals surface area contributed by atoms with Crippen molar-refractivity contribution >= 4 is 27.8 Å². The Morgan fingerprint density at radius 1 is 1.10 bits per heavy atom. The molecule has 4 heteroatoms. The van der Waals surface area contributed by atoms with Crippen LogP contribution in [0.25, 0.3) is 10.8 Å². The summed E-state index contributed by atoms with van der Waals surface area (Å²) in [7, 11) is 0. The summed E-state index contributed by atoms with van der Waals surface area (Å²) in [6.07, 6.45) is 3.58. The van der Waals surface area contributed by atoms with Gasteiger partial charge in [-0.05, 0) is 35.7 Å². The average molecular weight is 260 g/mol. The average Bonchev–Trinajstić information content (AvgIpc) is 2.49. The van der Waals surface area contributed by atoms with E-state index in [9.17, 15) is 0 Å². The van der Waals surface area contributed by atoms with Crippen LogP contribution in [0.1, 0.15) is 5.56 Å². The number of benzene rings is 2. The molecule has 4 nitrogen and oxygen atoms in total. The Kier molecular flexibility index (Phi) is 2.94. The van der Waals surface area contributed by atoms with Crippen molar-refractivity contribution in [3.8, 4) is 6.07 Å². The van der Waals surface area contributed by atoms with Gasteiger partial charge in [0.1, 0.15) is 0 Å². The van der Waals surface area contributed by atoms with Crippen molar-refractivity contribution in [2.75, 3.05) is 11.1 Å². The Bertz CT molecular complexity index is 813. The number of nitrogens with zero attached hydrogens (tertiary/aromatic N) is 2. The van der Waals surface area contributed by atoms with E-state index in [2.05, 4.69) is 16.4 Å². The number of rotatable bonds is 2. The fourth-order valence-corrected chi connectivity index (χ4v) is 2.11. The molecule has 0 bridgehead atoms. The van der Waals surface area contributed by atoms with E-state index < -0.39 is 0 Å². The first kappa shape index (κ1) is 12.0. The highest BCUT2D eigenvalue weighted by Crippen LogP contribution is 2.28. The van der Waals surface area contributed by atoms with Crippen molar-refractivity contribution in [2.45, 2.75) is 0 Å². The first-order valence-electron chi connectivity index (χ1n) is 6.17. The van der Waals surface area contributed by atoms with Crippen LogP contribution in [-0.4, -0.2) is 4.98 Å². The quantitative estimate of drug-likeness (QED) is 0.692. The number of nitrogens with one attached hydrogen (secondary N) is 1. The lowest BCUT2D eigenvalue weighted by atomic mass is 10.1. The predicted octanol–water partition coefficient (Wildman–Crippen LogP) is 3.43. The molecule has 3 N–H and O–H groups in total. The third kappa shape index (κ3) is 2.13. The number of hydrogen-bond acceptors (Lipinski definition) is 4. The molecule has 1 aromatic heterocycles. The number of nitriles is 1. The maximum Gasteiger partial charge on any atom is 0.0992 e. The molecule has 0 unspecified atom stereocenters. The summed E-state index contributed by atoms with van der Waals surface area (Å²) < 4.78 is 0. The summed E-state index contributed by atoms with van der Waals surface area (Å²) in [5.74, 6) is 0. The fourth-order valence-electron chi connectivity index (χ4n) is 2.11. The van der Waals surface area contributed by atoms with Crippen molar-refractivity contribution < 1.29 is 0 Å². The minimum atomic E-state index is 0.546. The first-order valence-corrected chi connectivity index (χ1v) is 6.17. The molecule has 0 fully saturated rings. The summed E-state index contributed by atoms with van der Waals surface area (Å²) in [5.41, 5.74) is 8.77. The van der Waals surface area contributed by atoms with Crippen LogP contribution in [0.5, 0.6) is 0 Å². The van der Waals surface area contributed by atoms with Crippen LogP contribution >= 0.6 is 0 Å². The Morgan fingerprint density at radius 2 is 2.00 bits per heavy atom. The van der Waals surface area contributed by atoms with Crippen molar-refractivity contribution in [2.24, 2.45) is 0 Å². The van der Waals surface area contributed by atoms with Gasteiger partial charge in [-0.25, -0.2) is 0 Å². The molecule has 0 amide bonds. The van der Waals surface area contributed by atoms with Gasteiger partial charge < -0.3 is 11.1 Å². The lowest BCUT2D eigenvalue weighted by Gasteiger charge is -2.11. The first-order chi connectivity index (χ1) is 9.78. The van der Waals surface area contributed by atoms with Crippen LogP contribution in [0.4, 0.5) is 17.1 Å². The van der Waals surface area contributed by atoms with E-state index in [0.717, 1.165) is 22.1 Å². The number of aromatic nitrogens is 1. The van der Waals surface area contributed by atoms with Crippen molar-refractivity contribution in [3.63, 3.8) is 0 Å². The number of nitrogen functional groups attached to an aromatic ring is 1. The van der Waals surface area contributed by atoms with E-state index >= 15 is 0 Å². The summed E-state index contributed by atoms with van der Waals surface area (Å²) in [6, 6.07) is 15.2. The second-order valence-corrected chi connectivity index (χ2v) is 4.44. The molecule has 0 saturated carbocycles. The van der Waals surface area contributed by atoms with Crippen molar-refractivity contribution in [1.29, 1.82) is 5.26 Å². The highest BCUT2D eigenvalue weighted by atomic mass is 14.9. The normalized spacial score (nSPS) is 10.2. The molecule has 0 spiro atoms. The summed E-state index contributed by atoms with van der Waals surface area (Å²) in [5, 5.41) is 14.3. The molecule has 3 aromatic rings. The van der Waals surface area contributed by atoms with E-state index in [0.29, 0.717) is 11.3 Å². The molecule has 2 aromatic carbocycles. The summed E-state index contributed by atoms with van der Waals surface area (Å²) >= 11 is 0. The van der Waals surface area contributed by atoms with Crippen LogP contribution in [0, 0.1) is 11.3 Å². The SMILES string of the molecule is N#Cc1ccc(Nc2cccc3ccncc23)c(N)c1. The number of anilines is 3. The second kappa shape index (κ2) is 4.90. The van der Waals surface area contributed by atoms with E-state index in [1.165, 1.54) is 0 Å². The van der Waals surface area contributed by atoms with Crippen LogP contribution in [0.3, 0.4) is 0 Å². The van der Waals surface area contributed by atoms with Gasteiger partial charge in [0.2, 0.25) is 0 Å². The monoisotopic (exact) mass is 260 g/mol. The predicted molar refractivity (Wildman–Crippen MR) is 80.6 cm³/mol. The molecule has 3 rings (SSSR count). The standard InChI is InChI=1S/C16H12N4/c17-9-11-4-5-16(14(18)8-11)20-15-3-1-2-12-6-7-19-10-13(12)15/h1-8,10,20H,18H2. The Labute approximate surface area is 116 Å². The number of hydrogen-bond donors (Lipinski definition) is 2. The molecule has 0 aliphatic heterocycles. The maximum atomic E-state index is 8.85. The molecule has 0 radical (unpaired) electrons. The second-order valence-electron chi connectivity index (χ2n) is 4.44. The zero-order valence-electron chi connectivity index (χ0n) is 10.7. The Hall–Kier alpha value is -3.06. The van der Waals surface area contributed by atoms with E-state index in [4.69, 9.17) is 11.0 Å². The van der Waals surface area contributed by atoms with Gasteiger partial charge in [-0.15, -0.1) is 0 Å². The summed E-state index contributed by atoms with van der Waals surface area (Å²) in [6.45, 7) is 0. The highest BCUT2D eigenvalue weighted by molar-refractivity contribution is 5.95. The third-order valence-corrected chi connectivity index (χ3v) is 3.13. The van der Waals surface area contributed by atoms with E-state index in [1.54, 1.807) is 18.3 Å². The highest BCUT2D eigenvalue weighted by Gasteiger charge is 2.04. The Morgan fingerprint density at radius 3 is 2.80 bits per heavy atom. The van der Waals surface area contributed by atoms with Gasteiger partial charge >= 0.3 is 0 Å². The number of nitrogens with two attached hydrogens (primary N) is 1. The minimum absolute atomic E-state index is 0.546. The number of pyridine rings is 1. The minimum Gasteiger partial charge on any atom is -0.397 e. The maximum absolute atomic E-state index is 8.85. The van der Waals surface area contributed by atoms with Gasteiger partial charge in [-0.3, -0.25) is 4.98 Å². The van der Waals surface area contributed by atoms with Crippen LogP contribution in [0.2, 0.25) is 0 Å². The Balaban J connectivity index is 2.04. The van der Waals surface area contributed by atoms with Crippen LogP contribution < -0.4 is 11.1 Å². The topological polar surface area (TPSA) is 74.7 Å². The van der Waals surface area contributed by atoms with Crippen molar-refractivity contribution in [1.82, 2.24) is 4.98 Å². The fraction of sp³-hybridized carbons (Fsp3) is 0. The zero-order chi connectivity index (χ0) is 13.9. The molecular formula is C16H12N4. The molecule has 0 atom stereocenters. The largest absolute Gasteiger partial charge is 0.397 e. The van der Waals surface area contributed by atoms with Gasteiger partial charge in [0, 0.05) is 23.5 Å². The van der Waals surface area contributed by atoms with Gasteiger partial charge in [0.15, 0.2) is 0 Å². The molecular weight excluding hydrogens is 248 g/mol. The van der Waals surface area contributed by atoms with Crippen molar-refractivity contribution in [3.05, 3.63) is 60.4 Å². The van der Waals surface area contributed by atoms with Gasteiger partial charge in [-0.2, -0.15) is 5.26 Å². The third-order valence-electron chi connectivity index (χ3n) is 3.13. The van der Waals surface area contributed by atoms with Crippen LogP contribution in [0.15, 0.2) is 54.9 Å². The molecule has 1 heterocycles. The summed E-state index contributed by atoms with van der Waals surface area (Å²) in [4.78, 5) is 4.15. The smallest absolute Gasteiger partial charge is 0.0992 e. The van der Waals surface area contributed by atoms with Gasteiger partial charge in [0.25, 0.3) is 0 Å². The van der Waals surface area contributed by atoms with Crippen LogP contribution in [-0.2, 0) is 0 Å². The lowest BCUT2D eigenvalue weighted by Crippen LogP contribution is -1.97. The number of fused-ring (bicyclic) bond motifs is 1. The van der Waals surface area contributed by atoms with E-state index in [-0.39, 0.29) is 0 Å². The van der Waals surface area contributed by atoms with Gasteiger partial charge in [0.05, 0.1) is 23.0 Å². The molecule has 0 aliphatic rings.